The molecule has 3 aromatic rings. The van der Waals surface area contributed by atoms with E-state index >= 15 is 0 Å². The van der Waals surface area contributed by atoms with Crippen molar-refractivity contribution < 1.29 is 9.18 Å². The van der Waals surface area contributed by atoms with Crippen LogP contribution in [0.3, 0.4) is 0 Å². The first kappa shape index (κ1) is 18.8. The molecular formula is C23H23FN4O2. The van der Waals surface area contributed by atoms with Crippen LogP contribution in [-0.4, -0.2) is 38.7 Å². The Bertz CT molecular complexity index is 1130. The van der Waals surface area contributed by atoms with Crippen molar-refractivity contribution in [1.82, 2.24) is 19.7 Å². The van der Waals surface area contributed by atoms with E-state index < -0.39 is 0 Å². The highest BCUT2D eigenvalue weighted by Crippen LogP contribution is 2.33. The number of benzene rings is 2. The highest BCUT2D eigenvalue weighted by atomic mass is 19.1. The quantitative estimate of drug-likeness (QED) is 0.707. The second-order valence-electron chi connectivity index (χ2n) is 8.23. The third kappa shape index (κ3) is 3.56. The Morgan fingerprint density at radius 3 is 2.53 bits per heavy atom. The van der Waals surface area contributed by atoms with E-state index in [1.54, 1.807) is 22.8 Å². The molecule has 5 rings (SSSR count). The molecule has 2 aromatic carbocycles. The summed E-state index contributed by atoms with van der Waals surface area (Å²) in [5, 5.41) is 6.76. The van der Waals surface area contributed by atoms with Crippen LogP contribution in [-0.2, 0) is 11.3 Å². The molecule has 1 aliphatic heterocycles. The minimum atomic E-state index is -0.270. The van der Waals surface area contributed by atoms with E-state index in [9.17, 15) is 14.0 Å². The van der Waals surface area contributed by atoms with Gasteiger partial charge in [0.05, 0.1) is 0 Å². The van der Waals surface area contributed by atoms with Gasteiger partial charge in [0, 0.05) is 36.7 Å². The van der Waals surface area contributed by atoms with Gasteiger partial charge in [-0.05, 0) is 36.8 Å². The number of carbonyl (C=O) groups excluding carboxylic acids is 1. The zero-order chi connectivity index (χ0) is 20.7. The fourth-order valence-corrected chi connectivity index (χ4v) is 4.23. The lowest BCUT2D eigenvalue weighted by Gasteiger charge is -2.16. The molecule has 0 bridgehead atoms. The van der Waals surface area contributed by atoms with Crippen LogP contribution in [0.1, 0.15) is 19.3 Å². The van der Waals surface area contributed by atoms with Crippen LogP contribution in [0.5, 0.6) is 0 Å². The van der Waals surface area contributed by atoms with Gasteiger partial charge in [0.15, 0.2) is 5.82 Å². The lowest BCUT2D eigenvalue weighted by atomic mass is 10.0. The second kappa shape index (κ2) is 7.55. The molecule has 6 nitrogen and oxygen atoms in total. The fourth-order valence-electron chi connectivity index (χ4n) is 4.23. The summed E-state index contributed by atoms with van der Waals surface area (Å²) >= 11 is 0. The summed E-state index contributed by atoms with van der Waals surface area (Å²) in [4.78, 5) is 26.6. The van der Waals surface area contributed by atoms with Crippen LogP contribution >= 0.6 is 0 Å². The van der Waals surface area contributed by atoms with Crippen LogP contribution in [0.15, 0.2) is 53.3 Å². The van der Waals surface area contributed by atoms with Crippen LogP contribution in [0.4, 0.5) is 4.39 Å². The summed E-state index contributed by atoms with van der Waals surface area (Å²) in [6.45, 7) is 1.98. The zero-order valence-electron chi connectivity index (χ0n) is 16.6. The SMILES string of the molecule is O=C(C1CC1)N1CCC(Cn2c(-c3ccc(-c4ccccc4F)cc3)n[nH]c2=O)C1. The van der Waals surface area contributed by atoms with E-state index in [0.29, 0.717) is 24.5 Å². The number of aromatic nitrogens is 3. The molecule has 30 heavy (non-hydrogen) atoms. The molecule has 2 aliphatic rings. The van der Waals surface area contributed by atoms with Crippen LogP contribution < -0.4 is 5.69 Å². The number of nitrogens with zero attached hydrogens (tertiary/aromatic N) is 3. The number of hydrogen-bond donors (Lipinski definition) is 1. The van der Waals surface area contributed by atoms with Gasteiger partial charge in [-0.1, -0.05) is 42.5 Å². The molecule has 1 aliphatic carbocycles. The fraction of sp³-hybridized carbons (Fsp3) is 0.348. The maximum absolute atomic E-state index is 14.0. The largest absolute Gasteiger partial charge is 0.343 e. The second-order valence-corrected chi connectivity index (χ2v) is 8.23. The summed E-state index contributed by atoms with van der Waals surface area (Å²) in [6.07, 6.45) is 2.91. The zero-order valence-corrected chi connectivity index (χ0v) is 16.6. The summed E-state index contributed by atoms with van der Waals surface area (Å²) in [7, 11) is 0. The van der Waals surface area contributed by atoms with Crippen molar-refractivity contribution in [1.29, 1.82) is 0 Å². The molecule has 154 valence electrons. The van der Waals surface area contributed by atoms with Gasteiger partial charge in [0.1, 0.15) is 5.82 Å². The molecule has 1 unspecified atom stereocenters. The molecule has 1 saturated heterocycles. The van der Waals surface area contributed by atoms with Gasteiger partial charge < -0.3 is 4.90 Å². The Kier molecular flexibility index (Phi) is 4.73. The van der Waals surface area contributed by atoms with E-state index in [1.165, 1.54) is 6.07 Å². The van der Waals surface area contributed by atoms with Gasteiger partial charge >= 0.3 is 5.69 Å². The van der Waals surface area contributed by atoms with Gasteiger partial charge in [-0.3, -0.25) is 9.36 Å². The van der Waals surface area contributed by atoms with Crippen molar-refractivity contribution in [2.45, 2.75) is 25.8 Å². The van der Waals surface area contributed by atoms with Crippen molar-refractivity contribution in [3.8, 4) is 22.5 Å². The number of H-pyrrole nitrogens is 1. The highest BCUT2D eigenvalue weighted by molar-refractivity contribution is 5.81. The molecule has 0 radical (unpaired) electrons. The molecule has 1 saturated carbocycles. The first-order valence-corrected chi connectivity index (χ1v) is 10.4. The van der Waals surface area contributed by atoms with Gasteiger partial charge in [-0.2, -0.15) is 5.10 Å². The standard InChI is InChI=1S/C23H23FN4O2/c24-20-4-2-1-3-19(20)16-5-7-17(8-6-16)21-25-26-23(30)28(21)14-15-11-12-27(13-15)22(29)18-9-10-18/h1-8,15,18H,9-14H2,(H,26,30). The number of amides is 1. The molecule has 1 amide bonds. The van der Waals surface area contributed by atoms with E-state index in [-0.39, 0.29) is 29.2 Å². The van der Waals surface area contributed by atoms with Gasteiger partial charge in [-0.25, -0.2) is 14.3 Å². The Hall–Kier alpha value is -3.22. The highest BCUT2D eigenvalue weighted by Gasteiger charge is 2.36. The predicted molar refractivity (Wildman–Crippen MR) is 111 cm³/mol. The third-order valence-corrected chi connectivity index (χ3v) is 6.05. The summed E-state index contributed by atoms with van der Waals surface area (Å²) in [5.41, 5.74) is 1.84. The number of hydrogen-bond acceptors (Lipinski definition) is 3. The van der Waals surface area contributed by atoms with Crippen LogP contribution in [0.2, 0.25) is 0 Å². The summed E-state index contributed by atoms with van der Waals surface area (Å²) in [6, 6.07) is 14.0. The number of rotatable bonds is 5. The normalized spacial score (nSPS) is 18.7. The Labute approximate surface area is 173 Å². The number of carbonyl (C=O) groups is 1. The molecule has 0 spiro atoms. The van der Waals surface area contributed by atoms with E-state index in [2.05, 4.69) is 10.2 Å². The van der Waals surface area contributed by atoms with Crippen molar-refractivity contribution in [2.24, 2.45) is 11.8 Å². The molecule has 2 fully saturated rings. The topological polar surface area (TPSA) is 71.0 Å². The number of likely N-dealkylation sites (tertiary alicyclic amines) is 1. The Morgan fingerprint density at radius 1 is 1.07 bits per heavy atom. The predicted octanol–water partition coefficient (Wildman–Crippen LogP) is 3.30. The monoisotopic (exact) mass is 406 g/mol. The third-order valence-electron chi connectivity index (χ3n) is 6.05. The first-order chi connectivity index (χ1) is 14.6. The van der Waals surface area contributed by atoms with Crippen LogP contribution in [0.25, 0.3) is 22.5 Å². The maximum atomic E-state index is 14.0. The first-order valence-electron chi connectivity index (χ1n) is 10.4. The van der Waals surface area contributed by atoms with Crippen molar-refractivity contribution >= 4 is 5.91 Å². The number of aromatic amines is 1. The van der Waals surface area contributed by atoms with E-state index in [0.717, 1.165) is 36.9 Å². The van der Waals surface area contributed by atoms with Gasteiger partial charge in [-0.15, -0.1) is 0 Å². The van der Waals surface area contributed by atoms with E-state index in [1.807, 2.05) is 29.2 Å². The average molecular weight is 406 g/mol. The summed E-state index contributed by atoms with van der Waals surface area (Å²) in [5.74, 6) is 1.02. The summed E-state index contributed by atoms with van der Waals surface area (Å²) < 4.78 is 15.7. The number of nitrogens with one attached hydrogen (secondary N) is 1. The Balaban J connectivity index is 1.35. The molecule has 7 heteroatoms. The molecule has 1 aromatic heterocycles. The van der Waals surface area contributed by atoms with Gasteiger partial charge in [0.2, 0.25) is 5.91 Å². The Morgan fingerprint density at radius 2 is 1.80 bits per heavy atom. The molecule has 2 heterocycles. The lowest BCUT2D eigenvalue weighted by molar-refractivity contribution is -0.131. The van der Waals surface area contributed by atoms with Crippen molar-refractivity contribution in [3.05, 3.63) is 64.8 Å². The van der Waals surface area contributed by atoms with Crippen molar-refractivity contribution in [2.75, 3.05) is 13.1 Å². The number of halogens is 1. The minimum Gasteiger partial charge on any atom is -0.342 e. The smallest absolute Gasteiger partial charge is 0.342 e. The lowest BCUT2D eigenvalue weighted by Crippen LogP contribution is -2.31. The molecule has 1 N–H and O–H groups in total. The maximum Gasteiger partial charge on any atom is 0.343 e. The minimum absolute atomic E-state index is 0.226. The van der Waals surface area contributed by atoms with E-state index in [4.69, 9.17) is 0 Å². The van der Waals surface area contributed by atoms with Crippen molar-refractivity contribution in [3.63, 3.8) is 0 Å². The molecular weight excluding hydrogens is 383 g/mol. The van der Waals surface area contributed by atoms with Crippen LogP contribution in [0, 0.1) is 17.7 Å². The average Bonchev–Trinajstić information content (AvgIpc) is 3.41. The molecule has 1 atom stereocenters. The van der Waals surface area contributed by atoms with Gasteiger partial charge in [0.25, 0.3) is 0 Å².